The minimum atomic E-state index is -0.122. The van der Waals surface area contributed by atoms with Crippen molar-refractivity contribution < 1.29 is 4.79 Å². The van der Waals surface area contributed by atoms with E-state index in [4.69, 9.17) is 5.84 Å². The fourth-order valence-corrected chi connectivity index (χ4v) is 1.61. The predicted octanol–water partition coefficient (Wildman–Crippen LogP) is 0.895. The highest BCUT2D eigenvalue weighted by Gasteiger charge is 2.29. The van der Waals surface area contributed by atoms with Crippen LogP contribution in [0.15, 0.2) is 18.3 Å². The Morgan fingerprint density at radius 1 is 1.56 bits per heavy atom. The number of hydrogen-bond acceptors (Lipinski definition) is 4. The highest BCUT2D eigenvalue weighted by atomic mass is 16.1. The molecule has 1 amide bonds. The molecule has 16 heavy (non-hydrogen) atoms. The van der Waals surface area contributed by atoms with E-state index in [-0.39, 0.29) is 11.9 Å². The Balaban J connectivity index is 1.96. The molecule has 0 saturated heterocycles. The van der Waals surface area contributed by atoms with E-state index in [0.717, 1.165) is 0 Å². The van der Waals surface area contributed by atoms with Crippen LogP contribution in [0.4, 0.5) is 5.69 Å². The molecule has 0 spiro atoms. The molecule has 1 aromatic rings. The second-order valence-electron chi connectivity index (χ2n) is 4.18. The lowest BCUT2D eigenvalue weighted by atomic mass is 10.2. The van der Waals surface area contributed by atoms with Crippen molar-refractivity contribution >= 4 is 11.6 Å². The zero-order chi connectivity index (χ0) is 11.5. The van der Waals surface area contributed by atoms with E-state index in [1.807, 2.05) is 6.92 Å². The maximum absolute atomic E-state index is 11.8. The number of nitrogens with two attached hydrogens (primary N) is 1. The third-order valence-electron chi connectivity index (χ3n) is 2.85. The van der Waals surface area contributed by atoms with E-state index in [1.165, 1.54) is 19.0 Å². The van der Waals surface area contributed by atoms with Crippen LogP contribution in [0.3, 0.4) is 0 Å². The molecule has 1 atom stereocenters. The quantitative estimate of drug-likeness (QED) is 0.520. The van der Waals surface area contributed by atoms with Gasteiger partial charge in [0.25, 0.3) is 5.91 Å². The Labute approximate surface area is 94.4 Å². The number of nitrogen functional groups attached to an aromatic ring is 1. The van der Waals surface area contributed by atoms with Crippen LogP contribution < -0.4 is 16.6 Å². The molecule has 5 heteroatoms. The van der Waals surface area contributed by atoms with Crippen LogP contribution in [0.5, 0.6) is 0 Å². The normalized spacial score (nSPS) is 16.6. The van der Waals surface area contributed by atoms with Gasteiger partial charge in [-0.2, -0.15) is 0 Å². The average Bonchev–Trinajstić information content (AvgIpc) is 3.13. The summed E-state index contributed by atoms with van der Waals surface area (Å²) in [6, 6.07) is 3.62. The third kappa shape index (κ3) is 2.49. The van der Waals surface area contributed by atoms with Gasteiger partial charge in [-0.25, -0.2) is 4.98 Å². The Morgan fingerprint density at radius 3 is 2.81 bits per heavy atom. The summed E-state index contributed by atoms with van der Waals surface area (Å²) in [5.41, 5.74) is 3.58. The molecule has 0 aliphatic heterocycles. The monoisotopic (exact) mass is 220 g/mol. The van der Waals surface area contributed by atoms with Crippen LogP contribution in [-0.2, 0) is 0 Å². The number of hydrogen-bond donors (Lipinski definition) is 3. The van der Waals surface area contributed by atoms with E-state index < -0.39 is 0 Å². The number of pyridine rings is 1. The molecule has 5 nitrogen and oxygen atoms in total. The van der Waals surface area contributed by atoms with Gasteiger partial charge in [0.2, 0.25) is 0 Å². The number of carbonyl (C=O) groups excluding carboxylic acids is 1. The van der Waals surface area contributed by atoms with Crippen LogP contribution in [-0.4, -0.2) is 16.9 Å². The van der Waals surface area contributed by atoms with Crippen molar-refractivity contribution in [3.05, 3.63) is 24.0 Å². The number of anilines is 1. The predicted molar refractivity (Wildman–Crippen MR) is 61.7 cm³/mol. The van der Waals surface area contributed by atoms with Crippen molar-refractivity contribution in [2.75, 3.05) is 5.43 Å². The number of nitrogens with zero attached hydrogens (tertiary/aromatic N) is 1. The molecule has 1 heterocycles. The van der Waals surface area contributed by atoms with E-state index >= 15 is 0 Å². The summed E-state index contributed by atoms with van der Waals surface area (Å²) in [5.74, 6) is 5.74. The van der Waals surface area contributed by atoms with Crippen molar-refractivity contribution in [3.63, 3.8) is 0 Å². The van der Waals surface area contributed by atoms with Crippen LogP contribution in [0.25, 0.3) is 0 Å². The molecule has 1 aromatic heterocycles. The number of carbonyl (C=O) groups is 1. The third-order valence-corrected chi connectivity index (χ3v) is 2.85. The molecule has 1 aliphatic carbocycles. The smallest absolute Gasteiger partial charge is 0.270 e. The molecule has 2 rings (SSSR count). The zero-order valence-corrected chi connectivity index (χ0v) is 9.23. The molecule has 86 valence electrons. The van der Waals surface area contributed by atoms with Gasteiger partial charge in [-0.15, -0.1) is 0 Å². The molecular formula is C11H16N4O. The van der Waals surface area contributed by atoms with Crippen LogP contribution in [0.2, 0.25) is 0 Å². The van der Waals surface area contributed by atoms with Crippen molar-refractivity contribution in [2.45, 2.75) is 25.8 Å². The Bertz CT molecular complexity index is 372. The van der Waals surface area contributed by atoms with Gasteiger partial charge in [0.15, 0.2) is 0 Å². The molecule has 0 radical (unpaired) electrons. The first-order valence-corrected chi connectivity index (χ1v) is 5.44. The Hall–Kier alpha value is -1.62. The first-order valence-electron chi connectivity index (χ1n) is 5.44. The summed E-state index contributed by atoms with van der Waals surface area (Å²) < 4.78 is 0. The van der Waals surface area contributed by atoms with Crippen LogP contribution in [0.1, 0.15) is 30.3 Å². The second kappa shape index (κ2) is 4.49. The van der Waals surface area contributed by atoms with Crippen LogP contribution >= 0.6 is 0 Å². The summed E-state index contributed by atoms with van der Waals surface area (Å²) in [7, 11) is 0. The summed E-state index contributed by atoms with van der Waals surface area (Å²) in [4.78, 5) is 15.8. The van der Waals surface area contributed by atoms with Gasteiger partial charge < -0.3 is 10.7 Å². The topological polar surface area (TPSA) is 80.0 Å². The fraction of sp³-hybridized carbons (Fsp3) is 0.455. The summed E-state index contributed by atoms with van der Waals surface area (Å²) in [6.45, 7) is 2.03. The number of aromatic nitrogens is 1. The van der Waals surface area contributed by atoms with Gasteiger partial charge in [0.05, 0.1) is 11.9 Å². The molecule has 0 bridgehead atoms. The number of hydrazine groups is 1. The highest BCUT2D eigenvalue weighted by Crippen LogP contribution is 2.32. The first-order chi connectivity index (χ1) is 7.70. The van der Waals surface area contributed by atoms with Gasteiger partial charge in [0.1, 0.15) is 5.69 Å². The maximum atomic E-state index is 11.8. The number of nitrogens with one attached hydrogen (secondary N) is 2. The SMILES string of the molecule is CC(NC(=O)c1ccc(NN)cn1)C1CC1. The Morgan fingerprint density at radius 2 is 2.31 bits per heavy atom. The molecule has 4 N–H and O–H groups in total. The van der Waals surface area contributed by atoms with Crippen molar-refractivity contribution in [1.29, 1.82) is 0 Å². The van der Waals surface area contributed by atoms with Gasteiger partial charge in [0, 0.05) is 6.04 Å². The molecule has 1 fully saturated rings. The fourth-order valence-electron chi connectivity index (χ4n) is 1.61. The first kappa shape index (κ1) is 10.9. The summed E-state index contributed by atoms with van der Waals surface area (Å²) in [6.07, 6.45) is 3.96. The second-order valence-corrected chi connectivity index (χ2v) is 4.18. The van der Waals surface area contributed by atoms with E-state index in [0.29, 0.717) is 17.3 Å². The number of amides is 1. The molecule has 1 unspecified atom stereocenters. The van der Waals surface area contributed by atoms with E-state index in [9.17, 15) is 4.79 Å². The van der Waals surface area contributed by atoms with Gasteiger partial charge in [-0.3, -0.25) is 10.6 Å². The van der Waals surface area contributed by atoms with Crippen LogP contribution in [0, 0.1) is 5.92 Å². The van der Waals surface area contributed by atoms with E-state index in [1.54, 1.807) is 12.1 Å². The zero-order valence-electron chi connectivity index (χ0n) is 9.23. The lowest BCUT2D eigenvalue weighted by Gasteiger charge is -2.12. The lowest BCUT2D eigenvalue weighted by Crippen LogP contribution is -2.34. The van der Waals surface area contributed by atoms with E-state index in [2.05, 4.69) is 15.7 Å². The largest absolute Gasteiger partial charge is 0.348 e. The standard InChI is InChI=1S/C11H16N4O/c1-7(8-2-3-8)14-11(16)10-5-4-9(15-12)6-13-10/h4-8,15H,2-3,12H2,1H3,(H,14,16). The maximum Gasteiger partial charge on any atom is 0.270 e. The van der Waals surface area contributed by atoms with Crippen molar-refractivity contribution in [3.8, 4) is 0 Å². The summed E-state index contributed by atoms with van der Waals surface area (Å²) in [5, 5.41) is 2.94. The van der Waals surface area contributed by atoms with Gasteiger partial charge in [-0.1, -0.05) is 0 Å². The van der Waals surface area contributed by atoms with Crippen molar-refractivity contribution in [2.24, 2.45) is 11.8 Å². The molecule has 0 aromatic carbocycles. The highest BCUT2D eigenvalue weighted by molar-refractivity contribution is 5.92. The summed E-state index contributed by atoms with van der Waals surface area (Å²) >= 11 is 0. The number of rotatable bonds is 4. The average molecular weight is 220 g/mol. The molecule has 1 aliphatic rings. The lowest BCUT2D eigenvalue weighted by molar-refractivity contribution is 0.0931. The Kier molecular flexibility index (Phi) is 3.05. The minimum Gasteiger partial charge on any atom is -0.348 e. The molecular weight excluding hydrogens is 204 g/mol. The minimum absolute atomic E-state index is 0.122. The van der Waals surface area contributed by atoms with Gasteiger partial charge in [-0.05, 0) is 37.8 Å². The molecule has 1 saturated carbocycles. The van der Waals surface area contributed by atoms with Gasteiger partial charge >= 0.3 is 0 Å². The van der Waals surface area contributed by atoms with Crippen molar-refractivity contribution in [1.82, 2.24) is 10.3 Å².